The first-order chi connectivity index (χ1) is 6.24. The van der Waals surface area contributed by atoms with Gasteiger partial charge in [-0.2, -0.15) is 0 Å². The van der Waals surface area contributed by atoms with Crippen LogP contribution in [0, 0.1) is 11.8 Å². The van der Waals surface area contributed by atoms with E-state index in [-0.39, 0.29) is 11.8 Å². The summed E-state index contributed by atoms with van der Waals surface area (Å²) in [4.78, 5) is 11.4. The van der Waals surface area contributed by atoms with Gasteiger partial charge in [0.1, 0.15) is 0 Å². The normalized spacial score (nSPS) is 19.2. The van der Waals surface area contributed by atoms with Gasteiger partial charge in [-0.15, -0.1) is 0 Å². The lowest BCUT2D eigenvalue weighted by Gasteiger charge is -2.26. The zero-order chi connectivity index (χ0) is 9.68. The van der Waals surface area contributed by atoms with Crippen molar-refractivity contribution in [2.75, 3.05) is 13.1 Å². The van der Waals surface area contributed by atoms with Crippen molar-refractivity contribution in [3.63, 3.8) is 0 Å². The molecule has 76 valence electrons. The van der Waals surface area contributed by atoms with E-state index in [0.29, 0.717) is 6.54 Å². The molecular formula is C10H20N2O. The molecule has 0 saturated heterocycles. The van der Waals surface area contributed by atoms with Crippen molar-refractivity contribution in [1.82, 2.24) is 5.32 Å². The van der Waals surface area contributed by atoms with Gasteiger partial charge in [0, 0.05) is 12.5 Å². The van der Waals surface area contributed by atoms with Crippen molar-refractivity contribution in [3.8, 4) is 0 Å². The predicted molar refractivity (Wildman–Crippen MR) is 53.2 cm³/mol. The molecule has 0 aromatic rings. The maximum absolute atomic E-state index is 11.4. The summed E-state index contributed by atoms with van der Waals surface area (Å²) in [5.74, 6) is 0.983. The quantitative estimate of drug-likeness (QED) is 0.666. The van der Waals surface area contributed by atoms with E-state index >= 15 is 0 Å². The molecule has 1 unspecified atom stereocenters. The molecule has 0 aliphatic heterocycles. The van der Waals surface area contributed by atoms with Gasteiger partial charge in [0.05, 0.1) is 0 Å². The number of nitrogens with one attached hydrogen (secondary N) is 1. The van der Waals surface area contributed by atoms with E-state index in [2.05, 4.69) is 5.32 Å². The Morgan fingerprint density at radius 2 is 2.31 bits per heavy atom. The van der Waals surface area contributed by atoms with E-state index < -0.39 is 0 Å². The number of amides is 1. The van der Waals surface area contributed by atoms with E-state index in [1.54, 1.807) is 0 Å². The third kappa shape index (κ3) is 3.35. The highest BCUT2D eigenvalue weighted by Crippen LogP contribution is 2.25. The lowest BCUT2D eigenvalue weighted by atomic mass is 9.85. The smallest absolute Gasteiger partial charge is 0.222 e. The molecule has 3 heteroatoms. The van der Waals surface area contributed by atoms with Gasteiger partial charge >= 0.3 is 0 Å². The third-order valence-electron chi connectivity index (χ3n) is 2.84. The first-order valence-corrected chi connectivity index (χ1v) is 5.21. The van der Waals surface area contributed by atoms with Crippen LogP contribution in [-0.4, -0.2) is 19.0 Å². The van der Waals surface area contributed by atoms with Crippen LogP contribution in [-0.2, 0) is 4.79 Å². The van der Waals surface area contributed by atoms with Gasteiger partial charge in [-0.3, -0.25) is 4.79 Å². The maximum Gasteiger partial charge on any atom is 0.222 e. The van der Waals surface area contributed by atoms with Gasteiger partial charge in [0.2, 0.25) is 5.91 Å². The van der Waals surface area contributed by atoms with Gasteiger partial charge in [0.15, 0.2) is 0 Å². The Bertz CT molecular complexity index is 166. The van der Waals surface area contributed by atoms with Crippen LogP contribution in [0.15, 0.2) is 0 Å². The molecule has 0 spiro atoms. The standard InChI is InChI=1S/C10H20N2O/c1-8(5-6-11)10(13)12-7-9-3-2-4-9/h8-9H,2-7,11H2,1H3,(H,12,13). The average Bonchev–Trinajstić information content (AvgIpc) is 2.01. The second kappa shape index (κ2) is 5.22. The Morgan fingerprint density at radius 1 is 1.62 bits per heavy atom. The SMILES string of the molecule is CC(CCN)C(=O)NCC1CCC1. The summed E-state index contributed by atoms with van der Waals surface area (Å²) < 4.78 is 0. The molecule has 1 amide bonds. The van der Waals surface area contributed by atoms with Crippen LogP contribution in [0.5, 0.6) is 0 Å². The number of hydrogen-bond acceptors (Lipinski definition) is 2. The number of carbonyl (C=O) groups excluding carboxylic acids is 1. The van der Waals surface area contributed by atoms with Gasteiger partial charge < -0.3 is 11.1 Å². The summed E-state index contributed by atoms with van der Waals surface area (Å²) in [6.07, 6.45) is 4.69. The maximum atomic E-state index is 11.4. The minimum absolute atomic E-state index is 0.0741. The molecule has 1 aliphatic carbocycles. The molecule has 0 aromatic heterocycles. The van der Waals surface area contributed by atoms with Crippen molar-refractivity contribution in [2.24, 2.45) is 17.6 Å². The highest BCUT2D eigenvalue weighted by molar-refractivity contribution is 5.78. The summed E-state index contributed by atoms with van der Waals surface area (Å²) in [7, 11) is 0. The molecule has 0 aromatic carbocycles. The third-order valence-corrected chi connectivity index (χ3v) is 2.84. The number of nitrogens with two attached hydrogens (primary N) is 1. The lowest BCUT2D eigenvalue weighted by molar-refractivity contribution is -0.124. The number of carbonyl (C=O) groups is 1. The molecule has 1 aliphatic rings. The second-order valence-electron chi connectivity index (χ2n) is 4.02. The van der Waals surface area contributed by atoms with Crippen molar-refractivity contribution in [2.45, 2.75) is 32.6 Å². The summed E-state index contributed by atoms with van der Waals surface area (Å²) in [5, 5.41) is 2.97. The van der Waals surface area contributed by atoms with Crippen LogP contribution in [0.25, 0.3) is 0 Å². The van der Waals surface area contributed by atoms with Gasteiger partial charge in [-0.1, -0.05) is 13.3 Å². The predicted octanol–water partition coefficient (Wildman–Crippen LogP) is 0.888. The van der Waals surface area contributed by atoms with E-state index in [1.165, 1.54) is 19.3 Å². The van der Waals surface area contributed by atoms with E-state index in [4.69, 9.17) is 5.73 Å². The Hall–Kier alpha value is -0.570. The van der Waals surface area contributed by atoms with Crippen LogP contribution >= 0.6 is 0 Å². The molecule has 3 nitrogen and oxygen atoms in total. The van der Waals surface area contributed by atoms with E-state index in [1.807, 2.05) is 6.92 Å². The highest BCUT2D eigenvalue weighted by atomic mass is 16.1. The van der Waals surface area contributed by atoms with E-state index in [9.17, 15) is 4.79 Å². The first kappa shape index (κ1) is 10.5. The molecule has 1 fully saturated rings. The molecule has 1 rings (SSSR count). The van der Waals surface area contributed by atoms with Gasteiger partial charge in [0.25, 0.3) is 0 Å². The van der Waals surface area contributed by atoms with Crippen molar-refractivity contribution in [1.29, 1.82) is 0 Å². The molecule has 1 saturated carbocycles. The van der Waals surface area contributed by atoms with Crippen molar-refractivity contribution < 1.29 is 4.79 Å². The molecule has 0 bridgehead atoms. The minimum atomic E-state index is 0.0741. The fourth-order valence-corrected chi connectivity index (χ4v) is 1.50. The summed E-state index contributed by atoms with van der Waals surface area (Å²) >= 11 is 0. The summed E-state index contributed by atoms with van der Waals surface area (Å²) in [6.45, 7) is 3.40. The zero-order valence-electron chi connectivity index (χ0n) is 8.38. The molecule has 1 atom stereocenters. The fraction of sp³-hybridized carbons (Fsp3) is 0.900. The molecule has 13 heavy (non-hydrogen) atoms. The first-order valence-electron chi connectivity index (χ1n) is 5.21. The highest BCUT2D eigenvalue weighted by Gasteiger charge is 2.19. The Labute approximate surface area is 80.1 Å². The summed E-state index contributed by atoms with van der Waals surface area (Å²) in [6, 6.07) is 0. The Morgan fingerprint density at radius 3 is 2.77 bits per heavy atom. The average molecular weight is 184 g/mol. The number of rotatable bonds is 5. The Kier molecular flexibility index (Phi) is 4.22. The summed E-state index contributed by atoms with van der Waals surface area (Å²) in [5.41, 5.74) is 5.38. The monoisotopic (exact) mass is 184 g/mol. The molecular weight excluding hydrogens is 164 g/mol. The van der Waals surface area contributed by atoms with Crippen LogP contribution < -0.4 is 11.1 Å². The van der Waals surface area contributed by atoms with Crippen molar-refractivity contribution in [3.05, 3.63) is 0 Å². The fourth-order valence-electron chi connectivity index (χ4n) is 1.50. The molecule has 0 radical (unpaired) electrons. The molecule has 3 N–H and O–H groups in total. The second-order valence-corrected chi connectivity index (χ2v) is 4.02. The van der Waals surface area contributed by atoms with Crippen LogP contribution in [0.1, 0.15) is 32.6 Å². The Balaban J connectivity index is 2.08. The minimum Gasteiger partial charge on any atom is -0.356 e. The van der Waals surface area contributed by atoms with Crippen LogP contribution in [0.2, 0.25) is 0 Å². The number of hydrogen-bond donors (Lipinski definition) is 2. The van der Waals surface area contributed by atoms with Gasteiger partial charge in [-0.05, 0) is 31.7 Å². The van der Waals surface area contributed by atoms with Crippen LogP contribution in [0.4, 0.5) is 0 Å². The topological polar surface area (TPSA) is 55.1 Å². The van der Waals surface area contributed by atoms with E-state index in [0.717, 1.165) is 18.9 Å². The lowest BCUT2D eigenvalue weighted by Crippen LogP contribution is -2.36. The largest absolute Gasteiger partial charge is 0.356 e. The van der Waals surface area contributed by atoms with Crippen molar-refractivity contribution >= 4 is 5.91 Å². The zero-order valence-corrected chi connectivity index (χ0v) is 8.38. The molecule has 0 heterocycles. The van der Waals surface area contributed by atoms with Crippen LogP contribution in [0.3, 0.4) is 0 Å². The van der Waals surface area contributed by atoms with Gasteiger partial charge in [-0.25, -0.2) is 0 Å².